The third-order valence-corrected chi connectivity index (χ3v) is 3.05. The van der Waals surface area contributed by atoms with Gasteiger partial charge in [0.1, 0.15) is 0 Å². The maximum Gasteiger partial charge on any atom is 0.237 e. The zero-order chi connectivity index (χ0) is 15.2. The van der Waals surface area contributed by atoms with Crippen molar-refractivity contribution < 1.29 is 14.3 Å². The van der Waals surface area contributed by atoms with Crippen molar-refractivity contribution in [2.75, 3.05) is 19.8 Å². The number of carbonyl (C=O) groups excluding carboxylic acids is 2. The number of rotatable bonds is 5. The van der Waals surface area contributed by atoms with Gasteiger partial charge in [0, 0.05) is 24.8 Å². The van der Waals surface area contributed by atoms with Crippen LogP contribution in [0.1, 0.15) is 40.5 Å². The van der Waals surface area contributed by atoms with Gasteiger partial charge in [-0.05, 0) is 40.5 Å². The first-order valence-electron chi connectivity index (χ1n) is 7.20. The van der Waals surface area contributed by atoms with E-state index in [1.54, 1.807) is 6.92 Å². The molecule has 0 aromatic heterocycles. The predicted octanol–water partition coefficient (Wildman–Crippen LogP) is 0.174. The zero-order valence-corrected chi connectivity index (χ0v) is 12.9. The number of hydrogen-bond acceptors (Lipinski definition) is 4. The lowest BCUT2D eigenvalue weighted by Crippen LogP contribution is -2.52. The van der Waals surface area contributed by atoms with Crippen molar-refractivity contribution >= 4 is 11.8 Å². The van der Waals surface area contributed by atoms with Crippen molar-refractivity contribution in [2.45, 2.75) is 58.2 Å². The van der Waals surface area contributed by atoms with Gasteiger partial charge in [-0.1, -0.05) is 0 Å². The fraction of sp³-hybridized carbons (Fsp3) is 0.857. The number of nitrogens with one attached hydrogen (secondary N) is 3. The lowest BCUT2D eigenvalue weighted by Gasteiger charge is -2.25. The molecule has 1 atom stereocenters. The van der Waals surface area contributed by atoms with Crippen LogP contribution in [0.25, 0.3) is 0 Å². The van der Waals surface area contributed by atoms with Gasteiger partial charge in [-0.2, -0.15) is 0 Å². The highest BCUT2D eigenvalue weighted by atomic mass is 16.5. The van der Waals surface area contributed by atoms with Crippen LogP contribution in [0.5, 0.6) is 0 Å². The molecule has 0 aliphatic carbocycles. The highest BCUT2D eigenvalue weighted by Gasteiger charge is 2.20. The van der Waals surface area contributed by atoms with Gasteiger partial charge in [0.25, 0.3) is 0 Å². The van der Waals surface area contributed by atoms with Crippen molar-refractivity contribution in [2.24, 2.45) is 0 Å². The molecule has 1 rings (SSSR count). The monoisotopic (exact) mass is 285 g/mol. The highest BCUT2D eigenvalue weighted by molar-refractivity contribution is 5.83. The molecule has 1 unspecified atom stereocenters. The number of amides is 2. The Bertz CT molecular complexity index is 333. The smallest absolute Gasteiger partial charge is 0.237 e. The van der Waals surface area contributed by atoms with Crippen molar-refractivity contribution in [1.29, 1.82) is 0 Å². The molecule has 6 nitrogen and oxygen atoms in total. The molecule has 3 N–H and O–H groups in total. The summed E-state index contributed by atoms with van der Waals surface area (Å²) >= 11 is 0. The third-order valence-electron chi connectivity index (χ3n) is 3.05. The standard InChI is InChI=1S/C14H27N3O3/c1-10(13(19)17-14(2,3)4)15-9-12(18)16-11-5-7-20-8-6-11/h10-11,15H,5-9H2,1-4H3,(H,16,18)(H,17,19). The van der Waals surface area contributed by atoms with E-state index in [0.29, 0.717) is 13.2 Å². The fourth-order valence-corrected chi connectivity index (χ4v) is 1.94. The normalized spacial score (nSPS) is 18.4. The molecule has 6 heteroatoms. The lowest BCUT2D eigenvalue weighted by molar-refractivity contribution is -0.124. The average molecular weight is 285 g/mol. The summed E-state index contributed by atoms with van der Waals surface area (Å²) in [5, 5.41) is 8.76. The van der Waals surface area contributed by atoms with E-state index < -0.39 is 6.04 Å². The van der Waals surface area contributed by atoms with Crippen LogP contribution in [-0.4, -0.2) is 49.2 Å². The Morgan fingerprint density at radius 2 is 1.85 bits per heavy atom. The molecule has 1 heterocycles. The minimum atomic E-state index is -0.394. The molecule has 0 aromatic carbocycles. The maximum atomic E-state index is 11.8. The van der Waals surface area contributed by atoms with Crippen LogP contribution < -0.4 is 16.0 Å². The van der Waals surface area contributed by atoms with Crippen LogP contribution in [0.4, 0.5) is 0 Å². The summed E-state index contributed by atoms with van der Waals surface area (Å²) in [6, 6.07) is -0.202. The predicted molar refractivity (Wildman–Crippen MR) is 77.3 cm³/mol. The van der Waals surface area contributed by atoms with Gasteiger partial charge < -0.3 is 15.4 Å². The van der Waals surface area contributed by atoms with Gasteiger partial charge in [0.2, 0.25) is 11.8 Å². The minimum Gasteiger partial charge on any atom is -0.381 e. The summed E-state index contributed by atoms with van der Waals surface area (Å²) in [5.74, 6) is -0.177. The second-order valence-electron chi connectivity index (χ2n) is 6.30. The zero-order valence-electron chi connectivity index (χ0n) is 12.9. The Morgan fingerprint density at radius 3 is 2.40 bits per heavy atom. The van der Waals surface area contributed by atoms with E-state index in [9.17, 15) is 9.59 Å². The van der Waals surface area contributed by atoms with Crippen molar-refractivity contribution in [3.63, 3.8) is 0 Å². The van der Waals surface area contributed by atoms with E-state index in [0.717, 1.165) is 12.8 Å². The van der Waals surface area contributed by atoms with Crippen LogP contribution in [0, 0.1) is 0 Å². The molecule has 116 valence electrons. The maximum absolute atomic E-state index is 11.8. The van der Waals surface area contributed by atoms with Crippen LogP contribution in [0.2, 0.25) is 0 Å². The molecule has 1 aliphatic rings. The first-order chi connectivity index (χ1) is 9.28. The third kappa shape index (κ3) is 6.86. The van der Waals surface area contributed by atoms with Gasteiger partial charge in [-0.25, -0.2) is 0 Å². The highest BCUT2D eigenvalue weighted by Crippen LogP contribution is 2.05. The summed E-state index contributed by atoms with van der Waals surface area (Å²) < 4.78 is 5.24. The molecule has 0 radical (unpaired) electrons. The molecule has 0 aromatic rings. The van der Waals surface area contributed by atoms with Gasteiger partial charge in [-0.15, -0.1) is 0 Å². The Kier molecular flexibility index (Phi) is 6.42. The van der Waals surface area contributed by atoms with E-state index in [1.165, 1.54) is 0 Å². The van der Waals surface area contributed by atoms with E-state index >= 15 is 0 Å². The molecule has 1 aliphatic heterocycles. The van der Waals surface area contributed by atoms with Crippen molar-refractivity contribution in [3.05, 3.63) is 0 Å². The first-order valence-corrected chi connectivity index (χ1v) is 7.20. The first kappa shape index (κ1) is 16.9. The van der Waals surface area contributed by atoms with Crippen LogP contribution in [0.15, 0.2) is 0 Å². The summed E-state index contributed by atoms with van der Waals surface area (Å²) in [4.78, 5) is 23.6. The number of carbonyl (C=O) groups is 2. The molecular weight excluding hydrogens is 258 g/mol. The number of ether oxygens (including phenoxy) is 1. The molecule has 1 fully saturated rings. The minimum absolute atomic E-state index is 0.0766. The molecule has 2 amide bonds. The summed E-state index contributed by atoms with van der Waals surface area (Å²) in [7, 11) is 0. The van der Waals surface area contributed by atoms with Gasteiger partial charge in [0.05, 0.1) is 12.6 Å². The molecular formula is C14H27N3O3. The largest absolute Gasteiger partial charge is 0.381 e. The lowest BCUT2D eigenvalue weighted by atomic mass is 10.1. The topological polar surface area (TPSA) is 79.5 Å². The van der Waals surface area contributed by atoms with E-state index in [-0.39, 0.29) is 29.9 Å². The Balaban J connectivity index is 2.24. The second kappa shape index (κ2) is 7.59. The second-order valence-corrected chi connectivity index (χ2v) is 6.30. The fourth-order valence-electron chi connectivity index (χ4n) is 1.94. The number of hydrogen-bond donors (Lipinski definition) is 3. The average Bonchev–Trinajstić information content (AvgIpc) is 2.35. The van der Waals surface area contributed by atoms with Crippen molar-refractivity contribution in [1.82, 2.24) is 16.0 Å². The van der Waals surface area contributed by atoms with Crippen LogP contribution in [0.3, 0.4) is 0 Å². The Hall–Kier alpha value is -1.14. The molecule has 0 saturated carbocycles. The summed E-state index contributed by atoms with van der Waals surface area (Å²) in [6.07, 6.45) is 1.71. The van der Waals surface area contributed by atoms with Crippen LogP contribution >= 0.6 is 0 Å². The molecule has 0 bridgehead atoms. The Labute approximate surface area is 121 Å². The Morgan fingerprint density at radius 1 is 1.25 bits per heavy atom. The van der Waals surface area contributed by atoms with E-state index in [4.69, 9.17) is 4.74 Å². The quantitative estimate of drug-likeness (QED) is 0.673. The van der Waals surface area contributed by atoms with E-state index in [1.807, 2.05) is 20.8 Å². The van der Waals surface area contributed by atoms with Gasteiger partial charge in [-0.3, -0.25) is 14.9 Å². The SMILES string of the molecule is CC(NCC(=O)NC1CCOCC1)C(=O)NC(C)(C)C. The molecule has 20 heavy (non-hydrogen) atoms. The van der Waals surface area contributed by atoms with E-state index in [2.05, 4.69) is 16.0 Å². The van der Waals surface area contributed by atoms with Crippen LogP contribution in [-0.2, 0) is 14.3 Å². The van der Waals surface area contributed by atoms with Crippen molar-refractivity contribution in [3.8, 4) is 0 Å². The summed E-state index contributed by atoms with van der Waals surface area (Å²) in [6.45, 7) is 9.07. The molecule has 1 saturated heterocycles. The summed E-state index contributed by atoms with van der Waals surface area (Å²) in [5.41, 5.74) is -0.266. The van der Waals surface area contributed by atoms with Gasteiger partial charge in [0.15, 0.2) is 0 Å². The van der Waals surface area contributed by atoms with Gasteiger partial charge >= 0.3 is 0 Å². The molecule has 0 spiro atoms.